The number of aromatic nitrogens is 1. The monoisotopic (exact) mass is 284 g/mol. The second-order valence-electron chi connectivity index (χ2n) is 3.79. The molecule has 1 aromatic carbocycles. The second-order valence-corrected chi connectivity index (χ2v) is 4.58. The smallest absolute Gasteiger partial charge is 0.202 e. The van der Waals surface area contributed by atoms with E-state index < -0.39 is 0 Å². The van der Waals surface area contributed by atoms with E-state index in [4.69, 9.17) is 23.2 Å². The molecule has 0 aliphatic heterocycles. The number of pyridine rings is 1. The number of anilines is 1. The molecule has 1 aromatic heterocycles. The van der Waals surface area contributed by atoms with E-state index in [2.05, 4.69) is 10.3 Å². The van der Waals surface area contributed by atoms with Crippen molar-refractivity contribution in [3.63, 3.8) is 0 Å². The Morgan fingerprint density at radius 1 is 1.33 bits per heavy atom. The normalized spacial score (nSPS) is 10.7. The van der Waals surface area contributed by atoms with E-state index in [1.54, 1.807) is 13.1 Å². The second kappa shape index (κ2) is 4.63. The summed E-state index contributed by atoms with van der Waals surface area (Å²) in [6.45, 7) is 1.34. The Hall–Kier alpha value is -1.52. The van der Waals surface area contributed by atoms with E-state index in [1.807, 2.05) is 0 Å². The van der Waals surface area contributed by atoms with Gasteiger partial charge in [-0.05, 0) is 19.1 Å². The molecular formula is C12H10Cl2N2O2. The summed E-state index contributed by atoms with van der Waals surface area (Å²) in [6.07, 6.45) is 0. The SMILES string of the molecule is CNc1[nH]c2c(Cl)c(Cl)ccc2c(=O)c1C(C)=O. The highest BCUT2D eigenvalue weighted by molar-refractivity contribution is 6.45. The van der Waals surface area contributed by atoms with Crippen molar-refractivity contribution in [1.29, 1.82) is 0 Å². The summed E-state index contributed by atoms with van der Waals surface area (Å²) in [7, 11) is 1.61. The minimum absolute atomic E-state index is 0.0865. The average Bonchev–Trinajstić information content (AvgIpc) is 2.33. The Morgan fingerprint density at radius 3 is 2.56 bits per heavy atom. The standard InChI is InChI=1S/C12H10Cl2N2O2/c1-5(17)8-11(18)6-3-4-7(13)9(14)10(6)16-12(8)15-2/h3-4H,1-2H3,(H2,15,16,18). The predicted molar refractivity (Wildman–Crippen MR) is 74.1 cm³/mol. The van der Waals surface area contributed by atoms with Gasteiger partial charge in [0.15, 0.2) is 5.78 Å². The number of benzene rings is 1. The Balaban J connectivity index is 3.00. The molecule has 2 N–H and O–H groups in total. The van der Waals surface area contributed by atoms with Crippen molar-refractivity contribution in [2.45, 2.75) is 6.92 Å². The van der Waals surface area contributed by atoms with Crippen molar-refractivity contribution in [3.05, 3.63) is 38.0 Å². The zero-order chi connectivity index (χ0) is 13.4. The first-order chi connectivity index (χ1) is 8.47. The number of aromatic amines is 1. The molecule has 0 radical (unpaired) electrons. The molecule has 0 saturated carbocycles. The largest absolute Gasteiger partial charge is 0.374 e. The van der Waals surface area contributed by atoms with Crippen molar-refractivity contribution in [3.8, 4) is 0 Å². The van der Waals surface area contributed by atoms with Gasteiger partial charge in [0.05, 0.1) is 15.6 Å². The van der Waals surface area contributed by atoms with Crippen molar-refractivity contribution in [2.75, 3.05) is 12.4 Å². The van der Waals surface area contributed by atoms with Crippen LogP contribution in [-0.2, 0) is 0 Å². The summed E-state index contributed by atoms with van der Waals surface area (Å²) in [5.74, 6) is 0.0257. The van der Waals surface area contributed by atoms with Crippen LogP contribution in [0.15, 0.2) is 16.9 Å². The van der Waals surface area contributed by atoms with E-state index >= 15 is 0 Å². The molecule has 0 fully saturated rings. The van der Waals surface area contributed by atoms with Crippen LogP contribution in [0, 0.1) is 0 Å². The lowest BCUT2D eigenvalue weighted by molar-refractivity contribution is 0.101. The number of carbonyl (C=O) groups excluding carboxylic acids is 1. The van der Waals surface area contributed by atoms with Gasteiger partial charge >= 0.3 is 0 Å². The maximum atomic E-state index is 12.2. The highest BCUT2D eigenvalue weighted by atomic mass is 35.5. The fourth-order valence-corrected chi connectivity index (χ4v) is 2.19. The van der Waals surface area contributed by atoms with Crippen LogP contribution in [-0.4, -0.2) is 17.8 Å². The number of hydrogen-bond donors (Lipinski definition) is 2. The van der Waals surface area contributed by atoms with Gasteiger partial charge in [-0.2, -0.15) is 0 Å². The number of ketones is 1. The number of carbonyl (C=O) groups is 1. The summed E-state index contributed by atoms with van der Waals surface area (Å²) in [6, 6.07) is 3.08. The zero-order valence-corrected chi connectivity index (χ0v) is 11.2. The minimum atomic E-state index is -0.362. The molecule has 0 saturated heterocycles. The highest BCUT2D eigenvalue weighted by Gasteiger charge is 2.17. The van der Waals surface area contributed by atoms with Crippen LogP contribution in [0.2, 0.25) is 10.0 Å². The van der Waals surface area contributed by atoms with Crippen LogP contribution in [0.4, 0.5) is 5.82 Å². The van der Waals surface area contributed by atoms with Gasteiger partial charge in [-0.25, -0.2) is 0 Å². The molecule has 2 rings (SSSR count). The van der Waals surface area contributed by atoms with Crippen LogP contribution < -0.4 is 10.7 Å². The van der Waals surface area contributed by atoms with Crippen LogP contribution in [0.3, 0.4) is 0 Å². The third-order valence-corrected chi connectivity index (χ3v) is 3.47. The summed E-state index contributed by atoms with van der Waals surface area (Å²) < 4.78 is 0. The first-order valence-electron chi connectivity index (χ1n) is 5.20. The molecular weight excluding hydrogens is 275 g/mol. The molecule has 0 bridgehead atoms. The summed E-state index contributed by atoms with van der Waals surface area (Å²) in [5, 5.41) is 3.73. The lowest BCUT2D eigenvalue weighted by atomic mass is 10.1. The van der Waals surface area contributed by atoms with E-state index in [0.717, 1.165) is 0 Å². The van der Waals surface area contributed by atoms with Crippen LogP contribution in [0.5, 0.6) is 0 Å². The van der Waals surface area contributed by atoms with Crippen molar-refractivity contribution < 1.29 is 4.79 Å². The first kappa shape index (κ1) is 12.9. The third-order valence-electron chi connectivity index (χ3n) is 2.67. The molecule has 94 valence electrons. The van der Waals surface area contributed by atoms with Crippen LogP contribution in [0.25, 0.3) is 10.9 Å². The van der Waals surface area contributed by atoms with Crippen LogP contribution in [0.1, 0.15) is 17.3 Å². The average molecular weight is 285 g/mol. The van der Waals surface area contributed by atoms with E-state index in [9.17, 15) is 9.59 Å². The van der Waals surface area contributed by atoms with Crippen LogP contribution >= 0.6 is 23.2 Å². The van der Waals surface area contributed by atoms with Gasteiger partial charge < -0.3 is 10.3 Å². The Morgan fingerprint density at radius 2 is 2.00 bits per heavy atom. The van der Waals surface area contributed by atoms with Crippen molar-refractivity contribution in [1.82, 2.24) is 4.98 Å². The minimum Gasteiger partial charge on any atom is -0.374 e. The molecule has 4 nitrogen and oxygen atoms in total. The fraction of sp³-hybridized carbons (Fsp3) is 0.167. The molecule has 2 aromatic rings. The van der Waals surface area contributed by atoms with E-state index in [-0.39, 0.29) is 21.8 Å². The molecule has 18 heavy (non-hydrogen) atoms. The summed E-state index contributed by atoms with van der Waals surface area (Å²) in [5.41, 5.74) is 0.145. The third kappa shape index (κ3) is 1.87. The Labute approximate surface area is 113 Å². The molecule has 0 unspecified atom stereocenters. The Kier molecular flexibility index (Phi) is 3.32. The maximum absolute atomic E-state index is 12.2. The molecule has 0 aliphatic carbocycles. The number of hydrogen-bond acceptors (Lipinski definition) is 3. The number of rotatable bonds is 2. The van der Waals surface area contributed by atoms with Gasteiger partial charge in [0.2, 0.25) is 5.43 Å². The number of fused-ring (bicyclic) bond motifs is 1. The zero-order valence-electron chi connectivity index (χ0n) is 9.73. The molecule has 6 heteroatoms. The van der Waals surface area contributed by atoms with Crippen molar-refractivity contribution >= 4 is 45.7 Å². The lowest BCUT2D eigenvalue weighted by Crippen LogP contribution is -2.17. The van der Waals surface area contributed by atoms with Gasteiger partial charge in [-0.1, -0.05) is 23.2 Å². The maximum Gasteiger partial charge on any atom is 0.202 e. The number of Topliss-reactive ketones (excluding diaryl/α,β-unsaturated/α-hetero) is 1. The summed E-state index contributed by atoms with van der Waals surface area (Å²) in [4.78, 5) is 26.7. The molecule has 0 spiro atoms. The molecule has 0 amide bonds. The van der Waals surface area contributed by atoms with Gasteiger partial charge in [0, 0.05) is 12.4 Å². The Bertz CT molecular complexity index is 707. The summed E-state index contributed by atoms with van der Waals surface area (Å²) >= 11 is 11.9. The van der Waals surface area contributed by atoms with Crippen molar-refractivity contribution in [2.24, 2.45) is 0 Å². The van der Waals surface area contributed by atoms with Gasteiger partial charge in [0.25, 0.3) is 0 Å². The topological polar surface area (TPSA) is 62.0 Å². The van der Waals surface area contributed by atoms with Gasteiger partial charge in [-0.15, -0.1) is 0 Å². The van der Waals surface area contributed by atoms with Gasteiger partial charge in [-0.3, -0.25) is 9.59 Å². The highest BCUT2D eigenvalue weighted by Crippen LogP contribution is 2.29. The molecule has 1 heterocycles. The van der Waals surface area contributed by atoms with E-state index in [0.29, 0.717) is 21.7 Å². The quantitative estimate of drug-likeness (QED) is 0.833. The van der Waals surface area contributed by atoms with Gasteiger partial charge in [0.1, 0.15) is 11.4 Å². The first-order valence-corrected chi connectivity index (χ1v) is 5.95. The fourth-order valence-electron chi connectivity index (χ4n) is 1.82. The molecule has 0 atom stereocenters. The predicted octanol–water partition coefficient (Wildman–Crippen LogP) is 3.08. The number of nitrogens with one attached hydrogen (secondary N) is 2. The number of H-pyrrole nitrogens is 1. The lowest BCUT2D eigenvalue weighted by Gasteiger charge is -2.10. The number of halogens is 2. The molecule has 0 aliphatic rings. The van der Waals surface area contributed by atoms with E-state index in [1.165, 1.54) is 13.0 Å².